The topological polar surface area (TPSA) is 22.7 Å². The molecule has 0 aliphatic heterocycles. The van der Waals surface area contributed by atoms with Crippen LogP contribution in [0.1, 0.15) is 359 Å². The van der Waals surface area contributed by atoms with Crippen LogP contribution in [-0.4, -0.2) is 111 Å². The number of hydrogen-bond donors (Lipinski definition) is 0. The van der Waals surface area contributed by atoms with Crippen molar-refractivity contribution in [3.63, 3.8) is 0 Å². The summed E-state index contributed by atoms with van der Waals surface area (Å²) in [7, 11) is 17.9. The molecule has 4 aliphatic rings. The Hall–Kier alpha value is -4.98. The molecule has 0 spiro atoms. The predicted molar refractivity (Wildman–Crippen MR) is 484 cm³/mol. The average Bonchev–Trinajstić information content (AvgIpc) is 0.793. The van der Waals surface area contributed by atoms with Crippen molar-refractivity contribution in [3.05, 3.63) is 149 Å². The number of nitrogens with zero attached hydrogens (tertiary/aromatic N) is 7. The van der Waals surface area contributed by atoms with Gasteiger partial charge >= 0.3 is 0 Å². The molecule has 0 heterocycles. The molecule has 0 bridgehead atoms. The van der Waals surface area contributed by atoms with Gasteiger partial charge in [-0.25, -0.2) is 0 Å². The van der Waals surface area contributed by atoms with Gasteiger partial charge in [-0.15, -0.1) is 0 Å². The van der Waals surface area contributed by atoms with Gasteiger partial charge in [-0.2, -0.15) is 0 Å². The standard InChI is InChI=1S/C19H33N.C16H25N.C15H25N.C14H21N.C13H21N.C11H23N.C9H19N.2CH4/c1-9-19(7,10-2)20(8)18-16(14(3)4)12-11-13-17(18)15(5)6;1-13-9-8-10-14(2)15(13)17(4)16(3)11-6-5-7-12-16;1-7-15(5,8-2)16(6)14-12(3)10-9-11-13(14)4;1-14(11-7-4-8-12-14)15(2)13-9-5-3-6-10-13;1-5-13(3,6-2)14(4)12-10-8-7-9-11-12;1-10(2)12(4)11(3)8-6-5-7-9-11;1-9(10(2)3)7-5-4-6-8-9;;/h11-15H,9-10H2,1-8H3;8-10H,5-7,11-12H2,1-4H3;9-11H,7-8H2,1-6H3;3,5-6,9-10H,4,7-8,11-12H2,1-2H3;7-11H,5-6H2,1-4H3;10H,5-9H2,1-4H3;4-8H2,1-3H3;2*1H4. The van der Waals surface area contributed by atoms with E-state index in [0.717, 1.165) is 0 Å². The van der Waals surface area contributed by atoms with Crippen molar-refractivity contribution in [1.82, 2.24) is 9.80 Å². The summed E-state index contributed by atoms with van der Waals surface area (Å²) in [5.41, 5.74) is 18.0. The predicted octanol–water partition coefficient (Wildman–Crippen LogP) is 28.9. The normalized spacial score (nSPS) is 16.5. The van der Waals surface area contributed by atoms with Crippen LogP contribution < -0.4 is 24.5 Å². The van der Waals surface area contributed by atoms with E-state index in [9.17, 15) is 0 Å². The van der Waals surface area contributed by atoms with Crippen molar-refractivity contribution in [2.45, 2.75) is 398 Å². The minimum absolute atomic E-state index is 0. The lowest BCUT2D eigenvalue weighted by atomic mass is 9.81. The average molecular weight is 1460 g/mol. The van der Waals surface area contributed by atoms with E-state index >= 15 is 0 Å². The third-order valence-corrected chi connectivity index (χ3v) is 27.6. The van der Waals surface area contributed by atoms with E-state index < -0.39 is 0 Å². The van der Waals surface area contributed by atoms with E-state index in [0.29, 0.717) is 40.0 Å². The van der Waals surface area contributed by atoms with Gasteiger partial charge in [0.05, 0.1) is 0 Å². The molecular weight excluding hydrogens is 1290 g/mol. The maximum atomic E-state index is 2.55. The maximum Gasteiger partial charge on any atom is 0.0438 e. The first kappa shape index (κ1) is 99.0. The summed E-state index contributed by atoms with van der Waals surface area (Å²) in [5.74, 6) is 1.12. The van der Waals surface area contributed by atoms with Crippen LogP contribution in [0.3, 0.4) is 0 Å². The molecule has 7 heteroatoms. The zero-order chi connectivity index (χ0) is 78.4. The van der Waals surface area contributed by atoms with Crippen molar-refractivity contribution in [2.24, 2.45) is 0 Å². The van der Waals surface area contributed by atoms with Crippen LogP contribution in [0.5, 0.6) is 0 Å². The van der Waals surface area contributed by atoms with Gasteiger partial charge < -0.3 is 29.4 Å². The summed E-state index contributed by atoms with van der Waals surface area (Å²) >= 11 is 0. The second-order valence-corrected chi connectivity index (χ2v) is 35.5. The minimum atomic E-state index is 0. The highest BCUT2D eigenvalue weighted by Gasteiger charge is 2.36. The van der Waals surface area contributed by atoms with Gasteiger partial charge in [-0.1, -0.05) is 252 Å². The van der Waals surface area contributed by atoms with Crippen LogP contribution in [0.2, 0.25) is 0 Å². The van der Waals surface area contributed by atoms with Crippen molar-refractivity contribution >= 4 is 28.4 Å². The Kier molecular flexibility index (Phi) is 43.6. The molecule has 606 valence electrons. The number of aryl methyl sites for hydroxylation is 4. The van der Waals surface area contributed by atoms with E-state index in [1.165, 1.54) is 229 Å². The molecule has 0 saturated heterocycles. The first-order valence-corrected chi connectivity index (χ1v) is 42.3. The molecule has 0 radical (unpaired) electrons. The van der Waals surface area contributed by atoms with Gasteiger partial charge in [0.15, 0.2) is 0 Å². The van der Waals surface area contributed by atoms with Crippen molar-refractivity contribution < 1.29 is 0 Å². The fourth-order valence-corrected chi connectivity index (χ4v) is 16.8. The molecule has 5 aromatic rings. The molecule has 9 rings (SSSR count). The van der Waals surface area contributed by atoms with Crippen molar-refractivity contribution in [3.8, 4) is 0 Å². The van der Waals surface area contributed by atoms with Gasteiger partial charge in [-0.3, -0.25) is 4.90 Å². The molecule has 0 amide bonds. The minimum Gasteiger partial charge on any atom is -0.369 e. The second kappa shape index (κ2) is 46.6. The van der Waals surface area contributed by atoms with Gasteiger partial charge in [0.1, 0.15) is 0 Å². The van der Waals surface area contributed by atoms with E-state index in [-0.39, 0.29) is 31.5 Å². The molecule has 0 unspecified atom stereocenters. The first-order valence-electron chi connectivity index (χ1n) is 42.3. The third kappa shape index (κ3) is 27.8. The van der Waals surface area contributed by atoms with Crippen LogP contribution in [0.15, 0.2) is 115 Å². The van der Waals surface area contributed by atoms with Crippen LogP contribution >= 0.6 is 0 Å². The lowest BCUT2D eigenvalue weighted by Crippen LogP contribution is -2.48. The largest absolute Gasteiger partial charge is 0.369 e. The molecule has 4 fully saturated rings. The Balaban J connectivity index is 0.000000621. The van der Waals surface area contributed by atoms with E-state index in [1.54, 1.807) is 0 Å². The molecule has 5 aromatic carbocycles. The fraction of sp³-hybridized carbons (Fsp3) is 0.697. The van der Waals surface area contributed by atoms with Crippen LogP contribution in [0, 0.1) is 27.7 Å². The van der Waals surface area contributed by atoms with Gasteiger partial charge in [0.2, 0.25) is 0 Å². The Morgan fingerprint density at radius 3 is 0.887 bits per heavy atom. The molecule has 0 aromatic heterocycles. The van der Waals surface area contributed by atoms with E-state index in [4.69, 9.17) is 0 Å². The molecule has 4 aliphatic carbocycles. The summed E-state index contributed by atoms with van der Waals surface area (Å²) in [6.07, 6.45) is 34.9. The number of anilines is 5. The molecule has 0 atom stereocenters. The Morgan fingerprint density at radius 2 is 0.585 bits per heavy atom. The van der Waals surface area contributed by atoms with Crippen LogP contribution in [-0.2, 0) is 0 Å². The highest BCUT2D eigenvalue weighted by molar-refractivity contribution is 5.64. The third-order valence-electron chi connectivity index (χ3n) is 27.6. The number of hydrogen-bond acceptors (Lipinski definition) is 7. The summed E-state index contributed by atoms with van der Waals surface area (Å²) in [6.45, 7) is 53.0. The summed E-state index contributed by atoms with van der Waals surface area (Å²) in [6, 6.07) is 42.0. The molecule has 7 nitrogen and oxygen atoms in total. The van der Waals surface area contributed by atoms with E-state index in [1.807, 2.05) is 0 Å². The molecule has 106 heavy (non-hydrogen) atoms. The number of benzene rings is 5. The Bertz CT molecular complexity index is 3040. The van der Waals surface area contributed by atoms with Gasteiger partial charge in [0.25, 0.3) is 0 Å². The molecule has 0 N–H and O–H groups in total. The quantitative estimate of drug-likeness (QED) is 0.0721. The smallest absolute Gasteiger partial charge is 0.0438 e. The second-order valence-electron chi connectivity index (χ2n) is 35.5. The number of rotatable bonds is 21. The van der Waals surface area contributed by atoms with Crippen molar-refractivity contribution in [2.75, 3.05) is 80.9 Å². The Labute approximate surface area is 661 Å². The lowest BCUT2D eigenvalue weighted by molar-refractivity contribution is 0.0650. The molecular formula is C99H175N7. The highest BCUT2D eigenvalue weighted by atomic mass is 15.2. The van der Waals surface area contributed by atoms with Crippen LogP contribution in [0.4, 0.5) is 28.4 Å². The van der Waals surface area contributed by atoms with Gasteiger partial charge in [0, 0.05) is 108 Å². The number of para-hydroxylation sites is 5. The first-order chi connectivity index (χ1) is 48.9. The maximum absolute atomic E-state index is 2.55. The van der Waals surface area contributed by atoms with E-state index in [2.05, 4.69) is 365 Å². The SMILES string of the molecule is C.C.CC(C)N(C)C1(C)CCCCC1.CCC(C)(CC)N(C)c1c(C(C)C)cccc1C(C)C.CCC(C)(CC)N(C)c1c(C)cccc1C.CCC(C)(CC)N(C)c1ccccc1.CN(C)C1(C)CCCCC1.CN(c1ccccc1)C1(C)CCCCC1.Cc1cccc(C)c1N(C)C1(C)CCCCC1. The Morgan fingerprint density at radius 1 is 0.311 bits per heavy atom. The highest BCUT2D eigenvalue weighted by Crippen LogP contribution is 2.42. The summed E-state index contributed by atoms with van der Waals surface area (Å²) in [5, 5.41) is 0. The summed E-state index contributed by atoms with van der Waals surface area (Å²) < 4.78 is 0. The zero-order valence-electron chi connectivity index (χ0n) is 74.2. The van der Waals surface area contributed by atoms with Gasteiger partial charge in [-0.05, 0) is 271 Å². The lowest BCUT2D eigenvalue weighted by Gasteiger charge is -2.44. The van der Waals surface area contributed by atoms with Crippen LogP contribution in [0.25, 0.3) is 0 Å². The monoisotopic (exact) mass is 1460 g/mol. The zero-order valence-corrected chi connectivity index (χ0v) is 74.2. The molecule has 4 saturated carbocycles. The fourth-order valence-electron chi connectivity index (χ4n) is 16.8. The summed E-state index contributed by atoms with van der Waals surface area (Å²) in [4.78, 5) is 17.3. The van der Waals surface area contributed by atoms with Crippen molar-refractivity contribution in [1.29, 1.82) is 0 Å².